The number of pyridine rings is 1. The van der Waals surface area contributed by atoms with Crippen LogP contribution in [0.4, 0.5) is 0 Å². The fourth-order valence-electron chi connectivity index (χ4n) is 1.75. The lowest BCUT2D eigenvalue weighted by molar-refractivity contribution is 0.102. The van der Waals surface area contributed by atoms with Crippen LogP contribution in [0.2, 0.25) is 5.15 Å². The average molecular weight is 280 g/mol. The molecule has 19 heavy (non-hydrogen) atoms. The van der Waals surface area contributed by atoms with Crippen LogP contribution >= 0.6 is 11.6 Å². The smallest absolute Gasteiger partial charge is 0.211 e. The Bertz CT molecular complexity index is 569. The monoisotopic (exact) mass is 279 g/mol. The van der Waals surface area contributed by atoms with Gasteiger partial charge < -0.3 is 4.74 Å². The molecule has 100 valence electrons. The number of rotatable bonds is 6. The predicted octanol–water partition coefficient (Wildman–Crippen LogP) is 2.20. The van der Waals surface area contributed by atoms with Gasteiger partial charge in [0.2, 0.25) is 5.78 Å². The van der Waals surface area contributed by atoms with E-state index < -0.39 is 0 Å². The molecule has 0 amide bonds. The van der Waals surface area contributed by atoms with Crippen molar-refractivity contribution in [3.8, 4) is 0 Å². The van der Waals surface area contributed by atoms with Gasteiger partial charge in [-0.05, 0) is 24.6 Å². The standard InChI is InChI=1S/C13H14ClN3O2/c1-19-8-2-7-17-11(4-6-16-17)13(18)10-3-5-15-12(14)9-10/h3-6,9H,2,7-8H2,1H3. The van der Waals surface area contributed by atoms with Crippen LogP contribution < -0.4 is 0 Å². The number of nitrogens with zero attached hydrogens (tertiary/aromatic N) is 3. The summed E-state index contributed by atoms with van der Waals surface area (Å²) in [6.07, 6.45) is 3.93. The molecule has 0 N–H and O–H groups in total. The second-order valence-corrected chi connectivity index (χ2v) is 4.37. The van der Waals surface area contributed by atoms with E-state index in [1.165, 1.54) is 6.20 Å². The number of aryl methyl sites for hydroxylation is 1. The Morgan fingerprint density at radius 1 is 1.42 bits per heavy atom. The van der Waals surface area contributed by atoms with Gasteiger partial charge in [-0.3, -0.25) is 9.48 Å². The second-order valence-electron chi connectivity index (χ2n) is 3.98. The lowest BCUT2D eigenvalue weighted by Gasteiger charge is -2.06. The van der Waals surface area contributed by atoms with Gasteiger partial charge in [0.25, 0.3) is 0 Å². The Kier molecular flexibility index (Phi) is 4.65. The summed E-state index contributed by atoms with van der Waals surface area (Å²) >= 11 is 5.79. The molecule has 2 aromatic heterocycles. The maximum absolute atomic E-state index is 12.3. The highest BCUT2D eigenvalue weighted by Crippen LogP contribution is 2.13. The van der Waals surface area contributed by atoms with Crippen molar-refractivity contribution in [2.75, 3.05) is 13.7 Å². The number of ether oxygens (including phenoxy) is 1. The van der Waals surface area contributed by atoms with Crippen molar-refractivity contribution in [2.45, 2.75) is 13.0 Å². The molecule has 0 fully saturated rings. The minimum atomic E-state index is -0.112. The Labute approximate surface area is 116 Å². The molecule has 0 aliphatic carbocycles. The largest absolute Gasteiger partial charge is 0.385 e. The first-order chi connectivity index (χ1) is 9.22. The summed E-state index contributed by atoms with van der Waals surface area (Å²) in [7, 11) is 1.65. The molecule has 0 saturated carbocycles. The van der Waals surface area contributed by atoms with Gasteiger partial charge in [0, 0.05) is 38.2 Å². The number of hydrogen-bond donors (Lipinski definition) is 0. The molecule has 0 aliphatic rings. The molecule has 6 heteroatoms. The molecule has 0 atom stereocenters. The van der Waals surface area contributed by atoms with Gasteiger partial charge in [0.05, 0.1) is 0 Å². The normalized spacial score (nSPS) is 10.6. The van der Waals surface area contributed by atoms with Crippen molar-refractivity contribution in [3.63, 3.8) is 0 Å². The molecule has 2 rings (SSSR count). The van der Waals surface area contributed by atoms with Crippen LogP contribution in [-0.4, -0.2) is 34.3 Å². The predicted molar refractivity (Wildman–Crippen MR) is 71.4 cm³/mol. The van der Waals surface area contributed by atoms with Crippen molar-refractivity contribution < 1.29 is 9.53 Å². The van der Waals surface area contributed by atoms with Gasteiger partial charge >= 0.3 is 0 Å². The van der Waals surface area contributed by atoms with E-state index in [1.807, 2.05) is 0 Å². The zero-order valence-electron chi connectivity index (χ0n) is 10.5. The average Bonchev–Trinajstić information content (AvgIpc) is 2.86. The number of carbonyl (C=O) groups is 1. The fourth-order valence-corrected chi connectivity index (χ4v) is 1.93. The Balaban J connectivity index is 2.17. The summed E-state index contributed by atoms with van der Waals surface area (Å²) in [6.45, 7) is 1.27. The highest BCUT2D eigenvalue weighted by Gasteiger charge is 2.14. The zero-order chi connectivity index (χ0) is 13.7. The lowest BCUT2D eigenvalue weighted by Crippen LogP contribution is -2.13. The SMILES string of the molecule is COCCCn1nccc1C(=O)c1ccnc(Cl)c1. The summed E-state index contributed by atoms with van der Waals surface area (Å²) in [5.74, 6) is -0.112. The number of ketones is 1. The number of methoxy groups -OCH3 is 1. The van der Waals surface area contributed by atoms with E-state index in [2.05, 4.69) is 10.1 Å². The van der Waals surface area contributed by atoms with Gasteiger partial charge in [0.1, 0.15) is 10.8 Å². The van der Waals surface area contributed by atoms with Crippen molar-refractivity contribution in [3.05, 3.63) is 47.0 Å². The molecule has 0 bridgehead atoms. The quantitative estimate of drug-likeness (QED) is 0.462. The van der Waals surface area contributed by atoms with E-state index in [-0.39, 0.29) is 5.78 Å². The van der Waals surface area contributed by atoms with Gasteiger partial charge in [-0.25, -0.2) is 4.98 Å². The molecule has 2 heterocycles. The fraction of sp³-hybridized carbons (Fsp3) is 0.308. The van der Waals surface area contributed by atoms with Crippen molar-refractivity contribution in [1.29, 1.82) is 0 Å². The Hall–Kier alpha value is -1.72. The van der Waals surface area contributed by atoms with Gasteiger partial charge in [-0.2, -0.15) is 5.10 Å². The Morgan fingerprint density at radius 3 is 3.00 bits per heavy atom. The highest BCUT2D eigenvalue weighted by molar-refractivity contribution is 6.29. The van der Waals surface area contributed by atoms with E-state index in [4.69, 9.17) is 16.3 Å². The van der Waals surface area contributed by atoms with Crippen molar-refractivity contribution in [1.82, 2.24) is 14.8 Å². The molecule has 2 aromatic rings. The molecular formula is C13H14ClN3O2. The number of carbonyl (C=O) groups excluding carboxylic acids is 1. The summed E-state index contributed by atoms with van der Waals surface area (Å²) in [6, 6.07) is 4.89. The van der Waals surface area contributed by atoms with E-state index in [1.54, 1.807) is 36.2 Å². The van der Waals surface area contributed by atoms with Crippen molar-refractivity contribution in [2.24, 2.45) is 0 Å². The Morgan fingerprint density at radius 2 is 2.26 bits per heavy atom. The number of halogens is 1. The molecule has 0 unspecified atom stereocenters. The van der Waals surface area contributed by atoms with Crippen LogP contribution in [-0.2, 0) is 11.3 Å². The van der Waals surface area contributed by atoms with E-state index >= 15 is 0 Å². The summed E-state index contributed by atoms with van der Waals surface area (Å²) in [5, 5.41) is 4.45. The van der Waals surface area contributed by atoms with Crippen LogP contribution in [0.5, 0.6) is 0 Å². The molecular weight excluding hydrogens is 266 g/mol. The van der Waals surface area contributed by atoms with Gasteiger partial charge in [0.15, 0.2) is 0 Å². The zero-order valence-corrected chi connectivity index (χ0v) is 11.3. The van der Waals surface area contributed by atoms with Crippen LogP contribution in [0.1, 0.15) is 22.5 Å². The highest BCUT2D eigenvalue weighted by atomic mass is 35.5. The van der Waals surface area contributed by atoms with Crippen LogP contribution in [0, 0.1) is 0 Å². The third kappa shape index (κ3) is 3.39. The van der Waals surface area contributed by atoms with Crippen molar-refractivity contribution >= 4 is 17.4 Å². The molecule has 0 spiro atoms. The minimum Gasteiger partial charge on any atom is -0.385 e. The summed E-state index contributed by atoms with van der Waals surface area (Å²) in [5.41, 5.74) is 1.05. The van der Waals surface area contributed by atoms with Crippen LogP contribution in [0.25, 0.3) is 0 Å². The van der Waals surface area contributed by atoms with Crippen LogP contribution in [0.3, 0.4) is 0 Å². The maximum atomic E-state index is 12.3. The van der Waals surface area contributed by atoms with E-state index in [0.717, 1.165) is 6.42 Å². The first-order valence-electron chi connectivity index (χ1n) is 5.89. The van der Waals surface area contributed by atoms with E-state index in [0.29, 0.717) is 29.6 Å². The minimum absolute atomic E-state index is 0.112. The molecule has 0 saturated heterocycles. The summed E-state index contributed by atoms with van der Waals surface area (Å²) < 4.78 is 6.67. The number of aromatic nitrogens is 3. The van der Waals surface area contributed by atoms with E-state index in [9.17, 15) is 4.79 Å². The number of hydrogen-bond acceptors (Lipinski definition) is 4. The maximum Gasteiger partial charge on any atom is 0.211 e. The van der Waals surface area contributed by atoms with Gasteiger partial charge in [-0.15, -0.1) is 0 Å². The third-order valence-electron chi connectivity index (χ3n) is 2.66. The first kappa shape index (κ1) is 13.7. The molecule has 0 radical (unpaired) electrons. The summed E-state index contributed by atoms with van der Waals surface area (Å²) in [4.78, 5) is 16.2. The van der Waals surface area contributed by atoms with Crippen LogP contribution in [0.15, 0.2) is 30.6 Å². The third-order valence-corrected chi connectivity index (χ3v) is 2.86. The molecule has 5 nitrogen and oxygen atoms in total. The lowest BCUT2D eigenvalue weighted by atomic mass is 10.1. The second kappa shape index (κ2) is 6.45. The first-order valence-corrected chi connectivity index (χ1v) is 6.27. The molecule has 0 aromatic carbocycles. The molecule has 0 aliphatic heterocycles. The topological polar surface area (TPSA) is 57.0 Å². The van der Waals surface area contributed by atoms with Gasteiger partial charge in [-0.1, -0.05) is 11.6 Å².